The molecule has 0 aliphatic carbocycles. The van der Waals surface area contributed by atoms with E-state index in [1.807, 2.05) is 36.4 Å². The lowest BCUT2D eigenvalue weighted by molar-refractivity contribution is -0.0240. The van der Waals surface area contributed by atoms with Gasteiger partial charge in [0, 0.05) is 19.1 Å². The highest BCUT2D eigenvalue weighted by atomic mass is 16.5. The van der Waals surface area contributed by atoms with E-state index in [4.69, 9.17) is 4.74 Å². The van der Waals surface area contributed by atoms with Gasteiger partial charge in [-0.2, -0.15) is 0 Å². The minimum atomic E-state index is -0.179. The first kappa shape index (κ1) is 17.7. The summed E-state index contributed by atoms with van der Waals surface area (Å²) in [6, 6.07) is 20.9. The second kappa shape index (κ2) is 9.46. The van der Waals surface area contributed by atoms with E-state index in [0.717, 1.165) is 18.7 Å². The highest BCUT2D eigenvalue weighted by Crippen LogP contribution is 2.11. The lowest BCUT2D eigenvalue weighted by atomic mass is 10.1. The van der Waals surface area contributed by atoms with Crippen molar-refractivity contribution in [1.29, 1.82) is 0 Å². The highest BCUT2D eigenvalue weighted by molar-refractivity contribution is 5.15. The van der Waals surface area contributed by atoms with Gasteiger partial charge in [-0.25, -0.2) is 0 Å². The third kappa shape index (κ3) is 6.14. The zero-order chi connectivity index (χ0) is 16.5. The van der Waals surface area contributed by atoms with Crippen LogP contribution in [-0.2, 0) is 17.9 Å². The summed E-state index contributed by atoms with van der Waals surface area (Å²) < 4.78 is 5.90. The zero-order valence-corrected chi connectivity index (χ0v) is 14.1. The van der Waals surface area contributed by atoms with Crippen molar-refractivity contribution in [2.24, 2.45) is 0 Å². The van der Waals surface area contributed by atoms with Crippen molar-refractivity contribution in [2.75, 3.05) is 13.2 Å². The molecule has 0 aliphatic rings. The standard InChI is InChI=1S/C20H27NO2/c1-17(2)21(13-18-9-5-3-6-10-18)14-20(15-22)23-16-19-11-7-4-8-12-19/h3-12,17,20,22H,13-16H2,1-2H3. The number of nitrogens with zero attached hydrogens (tertiary/aromatic N) is 1. The Labute approximate surface area is 139 Å². The van der Waals surface area contributed by atoms with Crippen LogP contribution in [0.4, 0.5) is 0 Å². The maximum atomic E-state index is 9.65. The summed E-state index contributed by atoms with van der Waals surface area (Å²) in [5.74, 6) is 0. The second-order valence-electron chi connectivity index (χ2n) is 6.11. The van der Waals surface area contributed by atoms with Crippen LogP contribution in [-0.4, -0.2) is 35.3 Å². The third-order valence-corrected chi connectivity index (χ3v) is 3.93. The average Bonchev–Trinajstić information content (AvgIpc) is 2.59. The highest BCUT2D eigenvalue weighted by Gasteiger charge is 2.17. The molecule has 3 heteroatoms. The van der Waals surface area contributed by atoms with Gasteiger partial charge in [-0.3, -0.25) is 4.90 Å². The Hall–Kier alpha value is -1.68. The predicted octanol–water partition coefficient (Wildman–Crippen LogP) is 3.47. The fourth-order valence-electron chi connectivity index (χ4n) is 2.49. The second-order valence-corrected chi connectivity index (χ2v) is 6.11. The van der Waals surface area contributed by atoms with E-state index in [0.29, 0.717) is 12.6 Å². The summed E-state index contributed by atoms with van der Waals surface area (Å²) >= 11 is 0. The van der Waals surface area contributed by atoms with Crippen molar-refractivity contribution >= 4 is 0 Å². The summed E-state index contributed by atoms with van der Waals surface area (Å²) in [7, 11) is 0. The molecule has 3 nitrogen and oxygen atoms in total. The molecule has 0 aromatic heterocycles. The van der Waals surface area contributed by atoms with Gasteiger partial charge >= 0.3 is 0 Å². The molecule has 0 bridgehead atoms. The zero-order valence-electron chi connectivity index (χ0n) is 14.1. The van der Waals surface area contributed by atoms with Crippen molar-refractivity contribution < 1.29 is 9.84 Å². The minimum Gasteiger partial charge on any atom is -0.394 e. The number of hydrogen-bond acceptors (Lipinski definition) is 3. The van der Waals surface area contributed by atoms with Crippen LogP contribution in [0.5, 0.6) is 0 Å². The molecule has 0 amide bonds. The van der Waals surface area contributed by atoms with E-state index in [2.05, 4.69) is 43.0 Å². The van der Waals surface area contributed by atoms with Crippen LogP contribution in [0.1, 0.15) is 25.0 Å². The fourth-order valence-corrected chi connectivity index (χ4v) is 2.49. The van der Waals surface area contributed by atoms with Gasteiger partial charge in [-0.1, -0.05) is 60.7 Å². The maximum Gasteiger partial charge on any atom is 0.0937 e. The molecule has 0 spiro atoms. The lowest BCUT2D eigenvalue weighted by Gasteiger charge is -2.30. The van der Waals surface area contributed by atoms with E-state index < -0.39 is 0 Å². The number of ether oxygens (including phenoxy) is 1. The van der Waals surface area contributed by atoms with E-state index >= 15 is 0 Å². The molecular formula is C20H27NO2. The van der Waals surface area contributed by atoms with E-state index in [-0.39, 0.29) is 12.7 Å². The molecule has 23 heavy (non-hydrogen) atoms. The van der Waals surface area contributed by atoms with E-state index in [1.165, 1.54) is 5.56 Å². The smallest absolute Gasteiger partial charge is 0.0937 e. The van der Waals surface area contributed by atoms with Crippen molar-refractivity contribution in [3.63, 3.8) is 0 Å². The van der Waals surface area contributed by atoms with Gasteiger partial charge in [0.2, 0.25) is 0 Å². The molecule has 0 aliphatic heterocycles. The molecule has 0 heterocycles. The molecule has 2 aromatic rings. The normalized spacial score (nSPS) is 12.7. The summed E-state index contributed by atoms with van der Waals surface area (Å²) in [5, 5.41) is 9.65. The van der Waals surface area contributed by atoms with Crippen LogP contribution in [0.3, 0.4) is 0 Å². The Bertz CT molecular complexity index is 542. The van der Waals surface area contributed by atoms with Crippen LogP contribution < -0.4 is 0 Å². The number of hydrogen-bond donors (Lipinski definition) is 1. The summed E-state index contributed by atoms with van der Waals surface area (Å²) in [6.07, 6.45) is -0.179. The fraction of sp³-hybridized carbons (Fsp3) is 0.400. The summed E-state index contributed by atoms with van der Waals surface area (Å²) in [5.41, 5.74) is 2.41. The number of benzene rings is 2. The Balaban J connectivity index is 1.91. The molecule has 1 N–H and O–H groups in total. The largest absolute Gasteiger partial charge is 0.394 e. The van der Waals surface area contributed by atoms with Gasteiger partial charge in [0.1, 0.15) is 0 Å². The molecule has 0 saturated heterocycles. The van der Waals surface area contributed by atoms with Crippen molar-refractivity contribution in [2.45, 2.75) is 39.1 Å². The molecule has 0 saturated carbocycles. The van der Waals surface area contributed by atoms with Gasteiger partial charge in [-0.05, 0) is 25.0 Å². The first-order valence-electron chi connectivity index (χ1n) is 8.23. The van der Waals surface area contributed by atoms with E-state index in [1.54, 1.807) is 0 Å². The number of aliphatic hydroxyl groups excluding tert-OH is 1. The van der Waals surface area contributed by atoms with Crippen LogP contribution in [0, 0.1) is 0 Å². The van der Waals surface area contributed by atoms with E-state index in [9.17, 15) is 5.11 Å². The van der Waals surface area contributed by atoms with Crippen LogP contribution in [0.25, 0.3) is 0 Å². The first-order chi connectivity index (χ1) is 11.2. The summed E-state index contributed by atoms with van der Waals surface area (Å²) in [6.45, 7) is 6.50. The number of aliphatic hydroxyl groups is 1. The SMILES string of the molecule is CC(C)N(Cc1ccccc1)CC(CO)OCc1ccccc1. The quantitative estimate of drug-likeness (QED) is 0.769. The van der Waals surface area contributed by atoms with Crippen molar-refractivity contribution in [1.82, 2.24) is 4.90 Å². The van der Waals surface area contributed by atoms with Gasteiger partial charge in [0.15, 0.2) is 0 Å². The lowest BCUT2D eigenvalue weighted by Crippen LogP contribution is -2.39. The Kier molecular flexibility index (Phi) is 7.27. The molecule has 2 aromatic carbocycles. The van der Waals surface area contributed by atoms with Crippen molar-refractivity contribution in [3.8, 4) is 0 Å². The first-order valence-corrected chi connectivity index (χ1v) is 8.23. The average molecular weight is 313 g/mol. The Morgan fingerprint density at radius 3 is 2.00 bits per heavy atom. The van der Waals surface area contributed by atoms with Gasteiger partial charge in [0.05, 0.1) is 19.3 Å². The number of rotatable bonds is 9. The van der Waals surface area contributed by atoms with Gasteiger partial charge in [-0.15, -0.1) is 0 Å². The predicted molar refractivity (Wildman–Crippen MR) is 94.1 cm³/mol. The molecule has 0 fully saturated rings. The molecule has 1 atom stereocenters. The monoisotopic (exact) mass is 313 g/mol. The van der Waals surface area contributed by atoms with Crippen LogP contribution in [0.15, 0.2) is 60.7 Å². The third-order valence-electron chi connectivity index (χ3n) is 3.93. The maximum absolute atomic E-state index is 9.65. The Morgan fingerprint density at radius 2 is 1.48 bits per heavy atom. The topological polar surface area (TPSA) is 32.7 Å². The van der Waals surface area contributed by atoms with Crippen LogP contribution in [0.2, 0.25) is 0 Å². The molecule has 0 radical (unpaired) electrons. The molecule has 1 unspecified atom stereocenters. The summed E-state index contributed by atoms with van der Waals surface area (Å²) in [4.78, 5) is 2.33. The molecule has 2 rings (SSSR count). The van der Waals surface area contributed by atoms with Gasteiger partial charge < -0.3 is 9.84 Å². The van der Waals surface area contributed by atoms with Gasteiger partial charge in [0.25, 0.3) is 0 Å². The molecule has 124 valence electrons. The minimum absolute atomic E-state index is 0.0326. The van der Waals surface area contributed by atoms with Crippen molar-refractivity contribution in [3.05, 3.63) is 71.8 Å². The van der Waals surface area contributed by atoms with Crippen LogP contribution >= 0.6 is 0 Å². The Morgan fingerprint density at radius 1 is 0.913 bits per heavy atom. The molecular weight excluding hydrogens is 286 g/mol.